The zero-order valence-electron chi connectivity index (χ0n) is 19.3. The van der Waals surface area contributed by atoms with Gasteiger partial charge in [-0.3, -0.25) is 0 Å². The highest BCUT2D eigenvalue weighted by atomic mass is 19.2. The van der Waals surface area contributed by atoms with Gasteiger partial charge in [-0.1, -0.05) is 66.7 Å². The van der Waals surface area contributed by atoms with Crippen LogP contribution in [0.15, 0.2) is 84.9 Å². The van der Waals surface area contributed by atoms with Crippen LogP contribution in [0.5, 0.6) is 5.75 Å². The van der Waals surface area contributed by atoms with Crippen LogP contribution in [0.1, 0.15) is 34.5 Å². The molecule has 1 fully saturated rings. The van der Waals surface area contributed by atoms with Crippen LogP contribution in [0, 0.1) is 17.5 Å². The molecular formula is C30H21F3O3. The Morgan fingerprint density at radius 3 is 1.97 bits per heavy atom. The molecule has 4 aromatic carbocycles. The van der Waals surface area contributed by atoms with Crippen LogP contribution < -0.4 is 4.74 Å². The topological polar surface area (TPSA) is 38.8 Å². The average Bonchev–Trinajstić information content (AvgIpc) is 3.73. The quantitative estimate of drug-likeness (QED) is 0.159. The molecule has 0 bridgehead atoms. The van der Waals surface area contributed by atoms with Gasteiger partial charge in [0.05, 0.1) is 12.2 Å². The summed E-state index contributed by atoms with van der Waals surface area (Å²) in [5.74, 6) is -3.32. The third kappa shape index (κ3) is 4.81. The van der Waals surface area contributed by atoms with Gasteiger partial charge in [-0.2, -0.15) is 0 Å². The zero-order valence-corrected chi connectivity index (χ0v) is 19.3. The van der Waals surface area contributed by atoms with E-state index >= 15 is 0 Å². The van der Waals surface area contributed by atoms with Gasteiger partial charge < -0.3 is 9.47 Å². The van der Waals surface area contributed by atoms with E-state index < -0.39 is 23.4 Å². The van der Waals surface area contributed by atoms with E-state index in [0.29, 0.717) is 23.3 Å². The van der Waals surface area contributed by atoms with Crippen LogP contribution in [0.4, 0.5) is 13.2 Å². The van der Waals surface area contributed by atoms with Gasteiger partial charge in [0.25, 0.3) is 0 Å². The highest BCUT2D eigenvalue weighted by Gasteiger charge is 2.26. The SMILES string of the molecule is C/C=C/c1ccc(-c2ccc(-c3ccc(OC(=O)c4ccc(C5CO5)cc4F)cc3)c(F)c2F)cc1. The van der Waals surface area contributed by atoms with Gasteiger partial charge in [0.1, 0.15) is 17.7 Å². The Hall–Kier alpha value is -4.16. The van der Waals surface area contributed by atoms with Gasteiger partial charge >= 0.3 is 5.97 Å². The Labute approximate surface area is 206 Å². The van der Waals surface area contributed by atoms with Crippen LogP contribution in [0.3, 0.4) is 0 Å². The highest BCUT2D eigenvalue weighted by Crippen LogP contribution is 2.33. The molecule has 0 aliphatic carbocycles. The van der Waals surface area contributed by atoms with E-state index in [2.05, 4.69) is 0 Å². The van der Waals surface area contributed by atoms with E-state index in [1.807, 2.05) is 31.2 Å². The predicted molar refractivity (Wildman–Crippen MR) is 132 cm³/mol. The number of carbonyl (C=O) groups is 1. The standard InChI is InChI=1S/C30H21F3O3/c1-2-3-18-4-6-19(7-5-18)23-14-15-24(29(33)28(23)32)20-8-11-22(12-9-20)36-30(34)25-13-10-21(16-26(25)31)27-17-35-27/h2-16,27H,17H2,1H3/b3-2+. The van der Waals surface area contributed by atoms with Crippen molar-refractivity contribution >= 4 is 12.0 Å². The number of allylic oxidation sites excluding steroid dienone is 1. The smallest absolute Gasteiger partial charge is 0.346 e. The van der Waals surface area contributed by atoms with Crippen molar-refractivity contribution in [1.29, 1.82) is 0 Å². The summed E-state index contributed by atoms with van der Waals surface area (Å²) in [7, 11) is 0. The minimum absolute atomic E-state index is 0.0728. The van der Waals surface area contributed by atoms with Crippen molar-refractivity contribution in [2.24, 2.45) is 0 Å². The van der Waals surface area contributed by atoms with Crippen LogP contribution in [-0.4, -0.2) is 12.6 Å². The summed E-state index contributed by atoms with van der Waals surface area (Å²) in [6.45, 7) is 2.44. The fraction of sp³-hybridized carbons (Fsp3) is 0.100. The number of esters is 1. The van der Waals surface area contributed by atoms with Crippen LogP contribution in [-0.2, 0) is 4.74 Å². The van der Waals surface area contributed by atoms with Crippen molar-refractivity contribution in [2.45, 2.75) is 13.0 Å². The molecule has 0 saturated carbocycles. The largest absolute Gasteiger partial charge is 0.423 e. The minimum Gasteiger partial charge on any atom is -0.423 e. The van der Waals surface area contributed by atoms with Crippen molar-refractivity contribution in [3.63, 3.8) is 0 Å². The summed E-state index contributed by atoms with van der Waals surface area (Å²) in [4.78, 5) is 12.4. The van der Waals surface area contributed by atoms with Gasteiger partial charge in [-0.25, -0.2) is 18.0 Å². The van der Waals surface area contributed by atoms with Gasteiger partial charge in [0.2, 0.25) is 0 Å². The molecule has 1 aliphatic heterocycles. The first-order valence-corrected chi connectivity index (χ1v) is 11.4. The predicted octanol–water partition coefficient (Wildman–Crippen LogP) is 7.76. The Balaban J connectivity index is 1.33. The van der Waals surface area contributed by atoms with Gasteiger partial charge in [0, 0.05) is 11.1 Å². The lowest BCUT2D eigenvalue weighted by Gasteiger charge is -2.11. The van der Waals surface area contributed by atoms with Crippen LogP contribution in [0.2, 0.25) is 0 Å². The van der Waals surface area contributed by atoms with Crippen molar-refractivity contribution in [3.8, 4) is 28.0 Å². The fourth-order valence-electron chi connectivity index (χ4n) is 3.96. The molecule has 0 N–H and O–H groups in total. The fourth-order valence-corrected chi connectivity index (χ4v) is 3.96. The Kier molecular flexibility index (Phi) is 6.44. The Morgan fingerprint density at radius 1 is 0.861 bits per heavy atom. The lowest BCUT2D eigenvalue weighted by Crippen LogP contribution is -2.11. The van der Waals surface area contributed by atoms with Crippen molar-refractivity contribution in [2.75, 3.05) is 6.61 Å². The van der Waals surface area contributed by atoms with Crippen molar-refractivity contribution in [3.05, 3.63) is 119 Å². The normalized spacial score (nSPS) is 14.7. The molecule has 36 heavy (non-hydrogen) atoms. The number of hydrogen-bond donors (Lipinski definition) is 0. The lowest BCUT2D eigenvalue weighted by atomic mass is 9.98. The molecule has 1 unspecified atom stereocenters. The molecular weight excluding hydrogens is 465 g/mol. The number of halogens is 3. The summed E-state index contributed by atoms with van der Waals surface area (Å²) in [6, 6.07) is 20.4. The van der Waals surface area contributed by atoms with E-state index in [9.17, 15) is 18.0 Å². The molecule has 1 heterocycles. The number of epoxide rings is 1. The van der Waals surface area contributed by atoms with Crippen molar-refractivity contribution in [1.82, 2.24) is 0 Å². The number of hydrogen-bond acceptors (Lipinski definition) is 3. The van der Waals surface area contributed by atoms with Gasteiger partial charge in [-0.05, 0) is 53.4 Å². The molecule has 4 aromatic rings. The van der Waals surface area contributed by atoms with E-state index in [4.69, 9.17) is 9.47 Å². The maximum Gasteiger partial charge on any atom is 0.346 e. The summed E-state index contributed by atoms with van der Waals surface area (Å²) >= 11 is 0. The molecule has 6 heteroatoms. The molecule has 1 saturated heterocycles. The minimum atomic E-state index is -0.975. The lowest BCUT2D eigenvalue weighted by molar-refractivity contribution is 0.0730. The second kappa shape index (κ2) is 9.84. The highest BCUT2D eigenvalue weighted by molar-refractivity contribution is 5.91. The number of carbonyl (C=O) groups excluding carboxylic acids is 1. The molecule has 0 radical (unpaired) electrons. The monoisotopic (exact) mass is 486 g/mol. The first kappa shape index (κ1) is 23.6. The maximum atomic E-state index is 15.0. The summed E-state index contributed by atoms with van der Waals surface area (Å²) in [5, 5.41) is 0. The van der Waals surface area contributed by atoms with Gasteiger partial charge in [-0.15, -0.1) is 0 Å². The number of rotatable bonds is 6. The van der Waals surface area contributed by atoms with Crippen LogP contribution >= 0.6 is 0 Å². The first-order chi connectivity index (χ1) is 17.4. The van der Waals surface area contributed by atoms with E-state index in [1.165, 1.54) is 48.5 Å². The van der Waals surface area contributed by atoms with Crippen molar-refractivity contribution < 1.29 is 27.4 Å². The molecule has 5 rings (SSSR count). The average molecular weight is 486 g/mol. The molecule has 0 spiro atoms. The second-order valence-corrected chi connectivity index (χ2v) is 8.39. The second-order valence-electron chi connectivity index (χ2n) is 8.39. The Morgan fingerprint density at radius 2 is 1.44 bits per heavy atom. The van der Waals surface area contributed by atoms with E-state index in [0.717, 1.165) is 5.56 Å². The summed E-state index contributed by atoms with van der Waals surface area (Å²) in [6.07, 6.45) is 3.69. The first-order valence-electron chi connectivity index (χ1n) is 11.4. The van der Waals surface area contributed by atoms with Crippen LogP contribution in [0.25, 0.3) is 28.3 Å². The summed E-state index contributed by atoms with van der Waals surface area (Å²) in [5.41, 5.74) is 2.63. The molecule has 1 aliphatic rings. The number of benzene rings is 4. The van der Waals surface area contributed by atoms with Gasteiger partial charge in [0.15, 0.2) is 11.6 Å². The maximum absolute atomic E-state index is 15.0. The zero-order chi connectivity index (χ0) is 25.2. The molecule has 180 valence electrons. The number of ether oxygens (including phenoxy) is 2. The molecule has 1 atom stereocenters. The third-order valence-electron chi connectivity index (χ3n) is 5.96. The van der Waals surface area contributed by atoms with E-state index in [-0.39, 0.29) is 28.5 Å². The summed E-state index contributed by atoms with van der Waals surface area (Å²) < 4.78 is 54.6. The Bertz CT molecular complexity index is 1450. The van der Waals surface area contributed by atoms with E-state index in [1.54, 1.807) is 18.2 Å². The molecule has 0 amide bonds. The molecule has 3 nitrogen and oxygen atoms in total. The third-order valence-corrected chi connectivity index (χ3v) is 5.96. The molecule has 0 aromatic heterocycles.